The lowest BCUT2D eigenvalue weighted by molar-refractivity contribution is -0.148. The van der Waals surface area contributed by atoms with Gasteiger partial charge in [0.05, 0.1) is 22.6 Å². The summed E-state index contributed by atoms with van der Waals surface area (Å²) in [5.74, 6) is -1.37. The SMILES string of the molecule is CCOC(=O)[C@@H]1C[C@]2(Cl)C(Cl)=C(Cl)[C@@]1(Cl)C2(Cl)Cl. The Hall–Kier alpha value is 0.950. The number of ether oxygens (including phenoxy) is 1. The molecule has 0 aromatic carbocycles. The van der Waals surface area contributed by atoms with Gasteiger partial charge in [-0.1, -0.05) is 46.4 Å². The molecule has 0 amide bonds. The first-order valence-corrected chi connectivity index (χ1v) is 7.39. The first-order valence-electron chi connectivity index (χ1n) is 5.13. The number of fused-ring (bicyclic) bond motifs is 2. The van der Waals surface area contributed by atoms with Crippen LogP contribution in [0.4, 0.5) is 0 Å². The number of carbonyl (C=O) groups is 1. The van der Waals surface area contributed by atoms with E-state index in [-0.39, 0.29) is 23.1 Å². The summed E-state index contributed by atoms with van der Waals surface area (Å²) in [5.41, 5.74) is 0. The van der Waals surface area contributed by atoms with Crippen LogP contribution in [0.1, 0.15) is 13.3 Å². The fourth-order valence-electron chi connectivity index (χ4n) is 2.40. The van der Waals surface area contributed by atoms with Gasteiger partial charge in [0.25, 0.3) is 0 Å². The molecule has 0 N–H and O–H groups in total. The zero-order chi connectivity index (χ0) is 13.9. The van der Waals surface area contributed by atoms with Gasteiger partial charge in [-0.15, -0.1) is 23.2 Å². The molecule has 0 aromatic heterocycles. The molecule has 0 aromatic rings. The summed E-state index contributed by atoms with van der Waals surface area (Å²) in [4.78, 5) is 9.00. The minimum Gasteiger partial charge on any atom is -0.466 e. The molecule has 2 aliphatic carbocycles. The van der Waals surface area contributed by atoms with E-state index in [1.807, 2.05) is 0 Å². The van der Waals surface area contributed by atoms with E-state index in [9.17, 15) is 4.79 Å². The maximum Gasteiger partial charge on any atom is 0.311 e. The smallest absolute Gasteiger partial charge is 0.311 e. The van der Waals surface area contributed by atoms with Gasteiger partial charge in [-0.3, -0.25) is 4.79 Å². The van der Waals surface area contributed by atoms with E-state index in [1.54, 1.807) is 6.92 Å². The van der Waals surface area contributed by atoms with Crippen LogP contribution in [0, 0.1) is 5.92 Å². The number of hydrogen-bond donors (Lipinski definition) is 0. The molecule has 0 saturated heterocycles. The van der Waals surface area contributed by atoms with Gasteiger partial charge in [-0.25, -0.2) is 0 Å². The third-order valence-corrected chi connectivity index (χ3v) is 7.63. The highest BCUT2D eigenvalue weighted by Crippen LogP contribution is 2.74. The molecule has 1 fully saturated rings. The van der Waals surface area contributed by atoms with Crippen molar-refractivity contribution < 1.29 is 9.53 Å². The van der Waals surface area contributed by atoms with Gasteiger partial charge in [0.2, 0.25) is 0 Å². The number of hydrogen-bond acceptors (Lipinski definition) is 2. The molecule has 8 heteroatoms. The molecule has 2 rings (SSSR count). The van der Waals surface area contributed by atoms with Crippen molar-refractivity contribution in [2.75, 3.05) is 6.61 Å². The number of alkyl halides is 4. The molecule has 2 nitrogen and oxygen atoms in total. The quantitative estimate of drug-likeness (QED) is 0.530. The Morgan fingerprint density at radius 3 is 2.22 bits per heavy atom. The van der Waals surface area contributed by atoms with Crippen LogP contribution in [-0.2, 0) is 9.53 Å². The summed E-state index contributed by atoms with van der Waals surface area (Å²) in [6, 6.07) is 0. The third-order valence-electron chi connectivity index (χ3n) is 3.35. The van der Waals surface area contributed by atoms with Gasteiger partial charge in [0.15, 0.2) is 4.33 Å². The first-order chi connectivity index (χ1) is 8.14. The van der Waals surface area contributed by atoms with Crippen LogP contribution in [0.15, 0.2) is 10.1 Å². The molecule has 2 bridgehead atoms. The van der Waals surface area contributed by atoms with E-state index in [4.69, 9.17) is 74.3 Å². The van der Waals surface area contributed by atoms with Crippen LogP contribution in [0.5, 0.6) is 0 Å². The van der Waals surface area contributed by atoms with Crippen LogP contribution in [0.3, 0.4) is 0 Å². The molecule has 0 spiro atoms. The molecule has 102 valence electrons. The number of esters is 1. The number of carbonyl (C=O) groups excluding carboxylic acids is 1. The standard InChI is InChI=1S/C10H8Cl6O2/c1-2-18-7(17)4-3-8(13)5(11)6(12)9(4,14)10(8,15)16/h4H,2-3H2,1H3/t4-,8-,9+/m0/s1. The van der Waals surface area contributed by atoms with E-state index in [1.165, 1.54) is 0 Å². The van der Waals surface area contributed by atoms with Crippen molar-refractivity contribution >= 4 is 75.6 Å². The highest BCUT2D eigenvalue weighted by molar-refractivity contribution is 6.65. The second kappa shape index (κ2) is 4.47. The largest absolute Gasteiger partial charge is 0.466 e. The van der Waals surface area contributed by atoms with Crippen LogP contribution in [0.25, 0.3) is 0 Å². The summed E-state index contributed by atoms with van der Waals surface area (Å²) in [5, 5.41) is 0.0986. The van der Waals surface area contributed by atoms with Gasteiger partial charge in [-0.2, -0.15) is 0 Å². The summed E-state index contributed by atoms with van der Waals surface area (Å²) in [6.07, 6.45) is 0.0823. The van der Waals surface area contributed by atoms with Crippen molar-refractivity contribution in [1.29, 1.82) is 0 Å². The van der Waals surface area contributed by atoms with E-state index >= 15 is 0 Å². The fourth-order valence-corrected chi connectivity index (χ4v) is 5.15. The molecule has 2 aliphatic rings. The maximum atomic E-state index is 11.9. The van der Waals surface area contributed by atoms with Crippen LogP contribution >= 0.6 is 69.6 Å². The lowest BCUT2D eigenvalue weighted by Crippen LogP contribution is -2.46. The minimum atomic E-state index is -1.67. The van der Waals surface area contributed by atoms with Crippen molar-refractivity contribution in [3.05, 3.63) is 10.1 Å². The number of halogens is 6. The van der Waals surface area contributed by atoms with Crippen LogP contribution < -0.4 is 0 Å². The Balaban J connectivity index is 2.52. The van der Waals surface area contributed by atoms with Crippen molar-refractivity contribution in [3.8, 4) is 0 Å². The van der Waals surface area contributed by atoms with Gasteiger partial charge in [0, 0.05) is 0 Å². The molecule has 0 heterocycles. The summed E-state index contributed by atoms with van der Waals surface area (Å²) < 4.78 is 3.27. The van der Waals surface area contributed by atoms with Crippen LogP contribution in [0.2, 0.25) is 0 Å². The Kier molecular flexibility index (Phi) is 3.81. The van der Waals surface area contributed by atoms with Gasteiger partial charge in [0.1, 0.15) is 9.75 Å². The maximum absolute atomic E-state index is 11.9. The average Bonchev–Trinajstić information content (AvgIpc) is 2.51. The molecule has 0 unspecified atom stereocenters. The first kappa shape index (κ1) is 15.3. The molecule has 0 aliphatic heterocycles. The second-order valence-electron chi connectivity index (χ2n) is 4.22. The zero-order valence-electron chi connectivity index (χ0n) is 9.08. The molecule has 0 radical (unpaired) electrons. The van der Waals surface area contributed by atoms with Crippen molar-refractivity contribution in [1.82, 2.24) is 0 Å². The van der Waals surface area contributed by atoms with E-state index < -0.39 is 26.0 Å². The van der Waals surface area contributed by atoms with Crippen molar-refractivity contribution in [3.63, 3.8) is 0 Å². The van der Waals surface area contributed by atoms with E-state index in [0.29, 0.717) is 0 Å². The number of rotatable bonds is 2. The molecular formula is C10H8Cl6O2. The fraction of sp³-hybridized carbons (Fsp3) is 0.700. The molecule has 1 saturated carbocycles. The molecular weight excluding hydrogens is 365 g/mol. The Labute approximate surface area is 134 Å². The van der Waals surface area contributed by atoms with Crippen LogP contribution in [-0.4, -0.2) is 26.7 Å². The van der Waals surface area contributed by atoms with Crippen molar-refractivity contribution in [2.45, 2.75) is 27.4 Å². The summed E-state index contributed by atoms with van der Waals surface area (Å²) in [6.45, 7) is 1.89. The lowest BCUT2D eigenvalue weighted by Gasteiger charge is -2.32. The summed E-state index contributed by atoms with van der Waals surface area (Å²) in [7, 11) is 0. The minimum absolute atomic E-state index is 0.00939. The highest BCUT2D eigenvalue weighted by atomic mass is 35.5. The predicted octanol–water partition coefficient (Wildman–Crippen LogP) is 4.40. The van der Waals surface area contributed by atoms with E-state index in [0.717, 1.165) is 0 Å². The highest BCUT2D eigenvalue weighted by Gasteiger charge is 2.80. The Morgan fingerprint density at radius 2 is 1.83 bits per heavy atom. The van der Waals surface area contributed by atoms with Gasteiger partial charge >= 0.3 is 5.97 Å². The van der Waals surface area contributed by atoms with E-state index in [2.05, 4.69) is 0 Å². The Bertz CT molecular complexity index is 448. The molecule has 18 heavy (non-hydrogen) atoms. The third kappa shape index (κ3) is 1.54. The van der Waals surface area contributed by atoms with Gasteiger partial charge in [-0.05, 0) is 13.3 Å². The zero-order valence-corrected chi connectivity index (χ0v) is 13.6. The lowest BCUT2D eigenvalue weighted by atomic mass is 9.92. The Morgan fingerprint density at radius 1 is 1.28 bits per heavy atom. The average molecular weight is 373 g/mol. The second-order valence-corrected chi connectivity index (χ2v) is 7.55. The van der Waals surface area contributed by atoms with Crippen molar-refractivity contribution in [2.24, 2.45) is 5.92 Å². The predicted molar refractivity (Wildman–Crippen MR) is 75.1 cm³/mol. The summed E-state index contributed by atoms with van der Waals surface area (Å²) >= 11 is 37.3. The van der Waals surface area contributed by atoms with Gasteiger partial charge < -0.3 is 4.74 Å². The molecule has 3 atom stereocenters. The topological polar surface area (TPSA) is 26.3 Å². The normalized spacial score (nSPS) is 41.4. The monoisotopic (exact) mass is 370 g/mol. The number of allylic oxidation sites excluding steroid dienone is 2.